The first-order chi connectivity index (χ1) is 10.2. The maximum Gasteiger partial charge on any atom is 0.163 e. The van der Waals surface area contributed by atoms with Crippen LogP contribution in [0.4, 0.5) is 0 Å². The van der Waals surface area contributed by atoms with Gasteiger partial charge in [-0.1, -0.05) is 0 Å². The molecular weight excluding hydrogens is 318 g/mol. The lowest BCUT2D eigenvalue weighted by atomic mass is 10.0. The Morgan fingerprint density at radius 2 is 1.05 bits per heavy atom. The molecule has 4 nitrogen and oxygen atoms in total. The summed E-state index contributed by atoms with van der Waals surface area (Å²) in [6.07, 6.45) is 3.44. The topological polar surface area (TPSA) is 36.9 Å². The fourth-order valence-electron chi connectivity index (χ4n) is 4.81. The molecule has 4 fully saturated rings. The van der Waals surface area contributed by atoms with E-state index in [1.807, 2.05) is 27.7 Å². The molecule has 126 valence electrons. The van der Waals surface area contributed by atoms with Gasteiger partial charge in [0.05, 0.1) is 24.4 Å². The van der Waals surface area contributed by atoms with Crippen molar-refractivity contribution in [2.45, 2.75) is 75.0 Å². The molecule has 0 saturated carbocycles. The summed E-state index contributed by atoms with van der Waals surface area (Å²) in [6, 6.07) is 0. The molecule has 0 aliphatic carbocycles. The molecule has 0 aromatic rings. The second kappa shape index (κ2) is 5.10. The number of hydrogen-bond acceptors (Lipinski definition) is 4. The number of hydrogen-bond donors (Lipinski definition) is 0. The highest BCUT2D eigenvalue weighted by molar-refractivity contribution is 7.62. The quantitative estimate of drug-likeness (QED) is 0.684. The first-order valence-corrected chi connectivity index (χ1v) is 12.4. The van der Waals surface area contributed by atoms with Gasteiger partial charge in [0.25, 0.3) is 0 Å². The minimum atomic E-state index is -0.426. The van der Waals surface area contributed by atoms with Crippen LogP contribution in [0.1, 0.15) is 27.7 Å². The second-order valence-corrected chi connectivity index (χ2v) is 13.1. The Morgan fingerprint density at radius 1 is 0.682 bits per heavy atom. The molecule has 22 heavy (non-hydrogen) atoms. The Morgan fingerprint density at radius 3 is 1.41 bits per heavy atom. The van der Waals surface area contributed by atoms with Crippen molar-refractivity contribution in [2.24, 2.45) is 0 Å². The van der Waals surface area contributed by atoms with Crippen molar-refractivity contribution in [2.75, 3.05) is 25.7 Å². The predicted octanol–water partition coefficient (Wildman–Crippen LogP) is 3.01. The maximum atomic E-state index is 6.32. The third kappa shape index (κ3) is 2.50. The number of rotatable bonds is 1. The van der Waals surface area contributed by atoms with Gasteiger partial charge in [-0.2, -0.15) is 0 Å². The molecule has 8 unspecified atom stereocenters. The first kappa shape index (κ1) is 16.2. The minimum absolute atomic E-state index is 0.0646. The molecule has 4 aliphatic rings. The lowest BCUT2D eigenvalue weighted by Gasteiger charge is -2.35. The van der Waals surface area contributed by atoms with E-state index in [1.54, 1.807) is 0 Å². The maximum absolute atomic E-state index is 6.32. The van der Waals surface area contributed by atoms with Gasteiger partial charge in [-0.25, -0.2) is 0 Å². The van der Waals surface area contributed by atoms with Crippen LogP contribution in [0.3, 0.4) is 0 Å². The summed E-state index contributed by atoms with van der Waals surface area (Å²) in [6.45, 7) is 13.0. The average molecular weight is 346 g/mol. The van der Waals surface area contributed by atoms with Crippen molar-refractivity contribution in [3.63, 3.8) is 0 Å². The van der Waals surface area contributed by atoms with Crippen LogP contribution in [-0.2, 0) is 18.9 Å². The molecule has 4 saturated heterocycles. The van der Waals surface area contributed by atoms with Crippen LogP contribution in [0.2, 0.25) is 0 Å². The van der Waals surface area contributed by atoms with Crippen LogP contribution in [0.15, 0.2) is 0 Å². The largest absolute Gasteiger partial charge is 0.344 e. The molecule has 0 aromatic heterocycles. The molecule has 0 bridgehead atoms. The molecule has 0 amide bonds. The zero-order chi connectivity index (χ0) is 15.9. The van der Waals surface area contributed by atoms with E-state index >= 15 is 0 Å². The molecule has 4 aliphatic heterocycles. The van der Waals surface area contributed by atoms with Crippen molar-refractivity contribution in [1.29, 1.82) is 0 Å². The van der Waals surface area contributed by atoms with E-state index in [0.29, 0.717) is 11.3 Å². The van der Waals surface area contributed by atoms with Gasteiger partial charge in [0.15, 0.2) is 11.6 Å². The standard InChI is InChI=1S/C16H28O4P2/c1-15(2)17-9-7-21(5)13(11(9)19-15)14-12-10(8-22(14)6)18-16(3,4)20-12/h9-14H,7-8H2,1-6H3. The van der Waals surface area contributed by atoms with E-state index in [2.05, 4.69) is 13.3 Å². The lowest BCUT2D eigenvalue weighted by Crippen LogP contribution is -2.42. The molecule has 4 rings (SSSR count). The zero-order valence-corrected chi connectivity index (χ0v) is 16.2. The van der Waals surface area contributed by atoms with Crippen LogP contribution in [-0.4, -0.2) is 73.0 Å². The summed E-state index contributed by atoms with van der Waals surface area (Å²) in [5.41, 5.74) is 1.20. The van der Waals surface area contributed by atoms with Gasteiger partial charge in [-0.15, -0.1) is 15.8 Å². The smallest absolute Gasteiger partial charge is 0.163 e. The van der Waals surface area contributed by atoms with Gasteiger partial charge in [0.1, 0.15) is 0 Å². The molecule has 0 spiro atoms. The van der Waals surface area contributed by atoms with Crippen molar-refractivity contribution < 1.29 is 18.9 Å². The van der Waals surface area contributed by atoms with E-state index in [0.717, 1.165) is 0 Å². The van der Waals surface area contributed by atoms with Crippen LogP contribution in [0, 0.1) is 0 Å². The Kier molecular flexibility index (Phi) is 3.75. The monoisotopic (exact) mass is 346 g/mol. The fourth-order valence-corrected chi connectivity index (χ4v) is 11.3. The van der Waals surface area contributed by atoms with Crippen LogP contribution < -0.4 is 0 Å². The van der Waals surface area contributed by atoms with Crippen LogP contribution in [0.5, 0.6) is 0 Å². The third-order valence-corrected chi connectivity index (χ3v) is 10.8. The van der Waals surface area contributed by atoms with Crippen LogP contribution >= 0.6 is 15.8 Å². The summed E-state index contributed by atoms with van der Waals surface area (Å²) in [4.78, 5) is 0. The molecule has 4 heterocycles. The summed E-state index contributed by atoms with van der Waals surface area (Å²) < 4.78 is 24.9. The minimum Gasteiger partial charge on any atom is -0.344 e. The summed E-state index contributed by atoms with van der Waals surface area (Å²) >= 11 is 0. The second-order valence-electron chi connectivity index (χ2n) is 8.14. The Balaban J connectivity index is 1.60. The van der Waals surface area contributed by atoms with E-state index in [-0.39, 0.29) is 40.3 Å². The Bertz CT molecular complexity index is 427. The fraction of sp³-hybridized carbons (Fsp3) is 1.00. The van der Waals surface area contributed by atoms with Crippen molar-refractivity contribution in [3.05, 3.63) is 0 Å². The summed E-state index contributed by atoms with van der Waals surface area (Å²) in [5.74, 6) is -0.851. The van der Waals surface area contributed by atoms with E-state index < -0.39 is 11.6 Å². The lowest BCUT2D eigenvalue weighted by molar-refractivity contribution is -0.151. The molecule has 0 N–H and O–H groups in total. The predicted molar refractivity (Wildman–Crippen MR) is 90.6 cm³/mol. The molecule has 8 atom stereocenters. The van der Waals surface area contributed by atoms with E-state index in [1.165, 1.54) is 12.3 Å². The highest BCUT2D eigenvalue weighted by atomic mass is 31.1. The van der Waals surface area contributed by atoms with Gasteiger partial charge in [-0.05, 0) is 53.3 Å². The molecule has 0 aromatic carbocycles. The highest BCUT2D eigenvalue weighted by Gasteiger charge is 2.61. The van der Waals surface area contributed by atoms with Crippen molar-refractivity contribution in [3.8, 4) is 0 Å². The SMILES string of the molecule is CP1CC2OC(C)(C)OC2C1C1C2OC(C)(C)OC2CP1C. The summed E-state index contributed by atoms with van der Waals surface area (Å²) in [7, 11) is -0.129. The van der Waals surface area contributed by atoms with Gasteiger partial charge in [0, 0.05) is 11.3 Å². The Hall–Kier alpha value is 0.700. The third-order valence-electron chi connectivity index (χ3n) is 5.42. The van der Waals surface area contributed by atoms with Gasteiger partial charge in [-0.3, -0.25) is 0 Å². The van der Waals surface area contributed by atoms with Crippen molar-refractivity contribution >= 4 is 15.8 Å². The first-order valence-electron chi connectivity index (χ1n) is 8.29. The van der Waals surface area contributed by atoms with E-state index in [4.69, 9.17) is 18.9 Å². The zero-order valence-electron chi connectivity index (χ0n) is 14.4. The molecule has 6 heteroatoms. The van der Waals surface area contributed by atoms with Gasteiger partial charge >= 0.3 is 0 Å². The number of fused-ring (bicyclic) bond motifs is 2. The summed E-state index contributed by atoms with van der Waals surface area (Å²) in [5, 5.41) is 0. The van der Waals surface area contributed by atoms with Crippen molar-refractivity contribution in [1.82, 2.24) is 0 Å². The average Bonchev–Trinajstić information content (AvgIpc) is 2.96. The van der Waals surface area contributed by atoms with Gasteiger partial charge in [0.2, 0.25) is 0 Å². The van der Waals surface area contributed by atoms with Gasteiger partial charge < -0.3 is 18.9 Å². The normalized spacial score (nSPS) is 55.4. The molecule has 0 radical (unpaired) electrons. The highest BCUT2D eigenvalue weighted by Crippen LogP contribution is 2.64. The van der Waals surface area contributed by atoms with E-state index in [9.17, 15) is 0 Å². The van der Waals surface area contributed by atoms with Crippen LogP contribution in [0.25, 0.3) is 0 Å². The Labute approximate surface area is 136 Å². The molecular formula is C16H28O4P2. The number of ether oxygens (including phenoxy) is 4.